The molecule has 0 aliphatic carbocycles. The first kappa shape index (κ1) is 23.3. The lowest BCUT2D eigenvalue weighted by Gasteiger charge is -2.28. The second kappa shape index (κ2) is 10.3. The van der Waals surface area contributed by atoms with Gasteiger partial charge >= 0.3 is 0 Å². The summed E-state index contributed by atoms with van der Waals surface area (Å²) in [5.41, 5.74) is 1.27. The van der Waals surface area contributed by atoms with Gasteiger partial charge in [0.25, 0.3) is 0 Å². The highest BCUT2D eigenvalue weighted by Gasteiger charge is 2.31. The van der Waals surface area contributed by atoms with Crippen LogP contribution in [-0.4, -0.2) is 39.9 Å². The molecule has 0 heterocycles. The number of hydrogen-bond acceptors (Lipinski definition) is 5. The third-order valence-electron chi connectivity index (χ3n) is 5.11. The van der Waals surface area contributed by atoms with Crippen molar-refractivity contribution >= 4 is 21.6 Å². The normalized spacial score (nSPS) is 12.2. The molecule has 0 aliphatic heterocycles. The quantitative estimate of drug-likeness (QED) is 0.526. The molecule has 168 valence electrons. The molecule has 0 aromatic heterocycles. The fraction of sp³-hybridized carbons (Fsp3) is 0.208. The molecule has 0 saturated carbocycles. The Morgan fingerprint density at radius 1 is 0.875 bits per heavy atom. The molecule has 0 spiro atoms. The highest BCUT2D eigenvalue weighted by molar-refractivity contribution is 7.89. The molecule has 3 aromatic carbocycles. The van der Waals surface area contributed by atoms with Gasteiger partial charge in [-0.3, -0.25) is 4.79 Å². The van der Waals surface area contributed by atoms with Gasteiger partial charge < -0.3 is 14.8 Å². The molecule has 1 atom stereocenters. The maximum atomic E-state index is 13.2. The van der Waals surface area contributed by atoms with Crippen molar-refractivity contribution < 1.29 is 22.7 Å². The minimum Gasteiger partial charge on any atom is -0.497 e. The SMILES string of the molecule is COc1ccc(NC(=O)C[C@H](c2ccc(OC)cc2)N(C)S(=O)(=O)c2ccccc2)cc1. The highest BCUT2D eigenvalue weighted by Crippen LogP contribution is 2.30. The van der Waals surface area contributed by atoms with Crippen molar-refractivity contribution in [2.45, 2.75) is 17.4 Å². The zero-order valence-corrected chi connectivity index (χ0v) is 19.0. The number of methoxy groups -OCH3 is 2. The number of sulfonamides is 1. The molecular formula is C24H26N2O5S. The second-order valence-corrected chi connectivity index (χ2v) is 9.10. The van der Waals surface area contributed by atoms with E-state index >= 15 is 0 Å². The van der Waals surface area contributed by atoms with Crippen LogP contribution in [0.25, 0.3) is 0 Å². The van der Waals surface area contributed by atoms with Crippen molar-refractivity contribution in [3.63, 3.8) is 0 Å². The Morgan fingerprint density at radius 2 is 1.41 bits per heavy atom. The topological polar surface area (TPSA) is 84.9 Å². The maximum Gasteiger partial charge on any atom is 0.243 e. The van der Waals surface area contributed by atoms with Gasteiger partial charge in [-0.2, -0.15) is 4.31 Å². The predicted octanol–water partition coefficient (Wildman–Crippen LogP) is 4.09. The van der Waals surface area contributed by atoms with Crippen LogP contribution in [0.15, 0.2) is 83.8 Å². The van der Waals surface area contributed by atoms with Gasteiger partial charge in [0.1, 0.15) is 11.5 Å². The van der Waals surface area contributed by atoms with Gasteiger partial charge in [-0.25, -0.2) is 8.42 Å². The van der Waals surface area contributed by atoms with Crippen LogP contribution in [0, 0.1) is 0 Å². The first-order chi connectivity index (χ1) is 15.3. The fourth-order valence-corrected chi connectivity index (χ4v) is 4.64. The van der Waals surface area contributed by atoms with Crippen LogP contribution in [0.5, 0.6) is 11.5 Å². The number of ether oxygens (including phenoxy) is 2. The van der Waals surface area contributed by atoms with E-state index in [-0.39, 0.29) is 17.2 Å². The molecular weight excluding hydrogens is 428 g/mol. The molecule has 3 aromatic rings. The summed E-state index contributed by atoms with van der Waals surface area (Å²) < 4.78 is 38.0. The van der Waals surface area contributed by atoms with Crippen LogP contribution in [0.2, 0.25) is 0 Å². The fourth-order valence-electron chi connectivity index (χ4n) is 3.27. The molecule has 32 heavy (non-hydrogen) atoms. The Bertz CT molecular complexity index is 1130. The van der Waals surface area contributed by atoms with E-state index < -0.39 is 16.1 Å². The van der Waals surface area contributed by atoms with Gasteiger partial charge in [-0.15, -0.1) is 0 Å². The number of nitrogens with zero attached hydrogens (tertiary/aromatic N) is 1. The third kappa shape index (κ3) is 5.46. The molecule has 3 rings (SSSR count). The highest BCUT2D eigenvalue weighted by atomic mass is 32.2. The molecule has 0 radical (unpaired) electrons. The number of carbonyl (C=O) groups is 1. The predicted molar refractivity (Wildman–Crippen MR) is 123 cm³/mol. The summed E-state index contributed by atoms with van der Waals surface area (Å²) in [6.45, 7) is 0. The van der Waals surface area contributed by atoms with E-state index in [0.717, 1.165) is 0 Å². The van der Waals surface area contributed by atoms with Crippen molar-refractivity contribution in [2.24, 2.45) is 0 Å². The van der Waals surface area contributed by atoms with E-state index in [4.69, 9.17) is 9.47 Å². The molecule has 8 heteroatoms. The summed E-state index contributed by atoms with van der Waals surface area (Å²) in [6, 6.07) is 21.4. The zero-order chi connectivity index (χ0) is 23.1. The monoisotopic (exact) mass is 454 g/mol. The van der Waals surface area contributed by atoms with E-state index in [1.165, 1.54) is 23.5 Å². The van der Waals surface area contributed by atoms with Gasteiger partial charge in [0.05, 0.1) is 25.2 Å². The Morgan fingerprint density at radius 3 is 1.94 bits per heavy atom. The van der Waals surface area contributed by atoms with Crippen molar-refractivity contribution in [2.75, 3.05) is 26.6 Å². The van der Waals surface area contributed by atoms with Gasteiger partial charge in [0.2, 0.25) is 15.9 Å². The Labute approximate surface area is 188 Å². The minimum absolute atomic E-state index is 0.0685. The lowest BCUT2D eigenvalue weighted by molar-refractivity contribution is -0.117. The zero-order valence-electron chi connectivity index (χ0n) is 18.2. The number of benzene rings is 3. The molecule has 0 unspecified atom stereocenters. The summed E-state index contributed by atoms with van der Waals surface area (Å²) in [5, 5.41) is 2.82. The molecule has 1 amide bonds. The van der Waals surface area contributed by atoms with E-state index in [1.807, 2.05) is 0 Å². The molecule has 1 N–H and O–H groups in total. The first-order valence-corrected chi connectivity index (χ1v) is 11.4. The average Bonchev–Trinajstić information content (AvgIpc) is 2.83. The summed E-state index contributed by atoms with van der Waals surface area (Å²) in [6.07, 6.45) is -0.0685. The van der Waals surface area contributed by atoms with Gasteiger partial charge in [-0.05, 0) is 54.1 Å². The summed E-state index contributed by atoms with van der Waals surface area (Å²) in [4.78, 5) is 13.0. The van der Waals surface area contributed by atoms with Crippen molar-refractivity contribution in [1.82, 2.24) is 4.31 Å². The Hall–Kier alpha value is -3.36. The van der Waals surface area contributed by atoms with Crippen LogP contribution < -0.4 is 14.8 Å². The lowest BCUT2D eigenvalue weighted by Crippen LogP contribution is -2.33. The van der Waals surface area contributed by atoms with Crippen LogP contribution in [0.3, 0.4) is 0 Å². The van der Waals surface area contributed by atoms with E-state index in [0.29, 0.717) is 22.7 Å². The van der Waals surface area contributed by atoms with Crippen LogP contribution in [-0.2, 0) is 14.8 Å². The molecule has 0 bridgehead atoms. The molecule has 0 aliphatic rings. The van der Waals surface area contributed by atoms with Crippen molar-refractivity contribution in [3.05, 3.63) is 84.4 Å². The van der Waals surface area contributed by atoms with Crippen LogP contribution in [0.4, 0.5) is 5.69 Å². The van der Waals surface area contributed by atoms with Gasteiger partial charge in [0, 0.05) is 19.2 Å². The van der Waals surface area contributed by atoms with Gasteiger partial charge in [0.15, 0.2) is 0 Å². The van der Waals surface area contributed by atoms with E-state index in [1.54, 1.807) is 80.9 Å². The number of anilines is 1. The summed E-state index contributed by atoms with van der Waals surface area (Å²) in [7, 11) is 0.782. The number of hydrogen-bond donors (Lipinski definition) is 1. The largest absolute Gasteiger partial charge is 0.497 e. The van der Waals surface area contributed by atoms with E-state index in [9.17, 15) is 13.2 Å². The van der Waals surface area contributed by atoms with E-state index in [2.05, 4.69) is 5.32 Å². The third-order valence-corrected chi connectivity index (χ3v) is 6.99. The Balaban J connectivity index is 1.88. The smallest absolute Gasteiger partial charge is 0.243 e. The van der Waals surface area contributed by atoms with Crippen molar-refractivity contribution in [1.29, 1.82) is 0 Å². The molecule has 7 nitrogen and oxygen atoms in total. The Kier molecular flexibility index (Phi) is 7.50. The second-order valence-electron chi connectivity index (χ2n) is 7.10. The number of nitrogens with one attached hydrogen (secondary N) is 1. The van der Waals surface area contributed by atoms with Gasteiger partial charge in [-0.1, -0.05) is 30.3 Å². The standard InChI is InChI=1S/C24H26N2O5S/c1-26(32(28,29)22-7-5-4-6-8-22)23(18-9-13-20(30-2)14-10-18)17-24(27)25-19-11-15-21(31-3)16-12-19/h4-16,23H,17H2,1-3H3,(H,25,27)/t23-/m1/s1. The minimum atomic E-state index is -3.82. The average molecular weight is 455 g/mol. The number of carbonyl (C=O) groups excluding carboxylic acids is 1. The van der Waals surface area contributed by atoms with Crippen LogP contribution >= 0.6 is 0 Å². The number of amides is 1. The summed E-state index contributed by atoms with van der Waals surface area (Å²) >= 11 is 0. The van der Waals surface area contributed by atoms with Crippen LogP contribution in [0.1, 0.15) is 18.0 Å². The first-order valence-electron chi connectivity index (χ1n) is 9.96. The summed E-state index contributed by atoms with van der Waals surface area (Å²) in [5.74, 6) is 1.00. The number of rotatable bonds is 9. The lowest BCUT2D eigenvalue weighted by atomic mass is 10.0. The molecule has 0 saturated heterocycles. The molecule has 0 fully saturated rings. The maximum absolute atomic E-state index is 13.2. The van der Waals surface area contributed by atoms with Crippen molar-refractivity contribution in [3.8, 4) is 11.5 Å².